The third kappa shape index (κ3) is 2.65. The van der Waals surface area contributed by atoms with E-state index in [0.717, 1.165) is 0 Å². The van der Waals surface area contributed by atoms with Crippen molar-refractivity contribution >= 4 is 17.7 Å². The Balaban J connectivity index is 2.89. The molecule has 0 heterocycles. The fourth-order valence-corrected chi connectivity index (χ4v) is 1.63. The predicted octanol–water partition coefficient (Wildman–Crippen LogP) is 1.17. The van der Waals surface area contributed by atoms with Crippen LogP contribution in [0.5, 0.6) is 5.75 Å². The lowest BCUT2D eigenvalue weighted by Crippen LogP contribution is -1.97. The average Bonchev–Trinajstić information content (AvgIpc) is 2.16. The van der Waals surface area contributed by atoms with Crippen molar-refractivity contribution in [3.8, 4) is 5.75 Å². The number of aromatic hydroxyl groups is 1. The summed E-state index contributed by atoms with van der Waals surface area (Å²) in [5.41, 5.74) is -0.118. The van der Waals surface area contributed by atoms with Crippen molar-refractivity contribution in [3.63, 3.8) is 0 Å². The summed E-state index contributed by atoms with van der Waals surface area (Å²) in [6, 6.07) is 4.34. The van der Waals surface area contributed by atoms with Gasteiger partial charge in [0.2, 0.25) is 0 Å². The second-order valence-electron chi connectivity index (χ2n) is 2.56. The Bertz CT molecular complexity index is 338. The maximum atomic E-state index is 10.6. The zero-order valence-electron chi connectivity index (χ0n) is 7.30. The number of hydrogen-bond acceptors (Lipinski definition) is 4. The standard InChI is InChI=1S/C9H10O4S/c10-3-4-14-6-1-2-8(11)7(5-6)9(12)13/h1-2,5,10-11H,3-4H2,(H,12,13). The lowest BCUT2D eigenvalue weighted by Gasteiger charge is -2.03. The minimum absolute atomic E-state index is 0.0357. The van der Waals surface area contributed by atoms with Gasteiger partial charge in [-0.3, -0.25) is 0 Å². The van der Waals surface area contributed by atoms with Crippen LogP contribution in [0.3, 0.4) is 0 Å². The van der Waals surface area contributed by atoms with Crippen LogP contribution in [0.4, 0.5) is 0 Å². The van der Waals surface area contributed by atoms with Gasteiger partial charge in [-0.1, -0.05) is 0 Å². The van der Waals surface area contributed by atoms with E-state index in [1.807, 2.05) is 0 Å². The Labute approximate surface area is 85.2 Å². The number of aliphatic hydroxyl groups excluding tert-OH is 1. The van der Waals surface area contributed by atoms with E-state index in [0.29, 0.717) is 10.6 Å². The normalized spacial score (nSPS) is 10.1. The van der Waals surface area contributed by atoms with Crippen LogP contribution >= 0.6 is 11.8 Å². The molecule has 3 N–H and O–H groups in total. The monoisotopic (exact) mass is 214 g/mol. The molecule has 1 rings (SSSR count). The molecule has 0 aliphatic heterocycles. The molecule has 76 valence electrons. The Hall–Kier alpha value is -1.20. The molecule has 5 heteroatoms. The number of thioether (sulfide) groups is 1. The number of carboxylic acid groups (broad SMARTS) is 1. The molecular weight excluding hydrogens is 204 g/mol. The SMILES string of the molecule is O=C(O)c1cc(SCCO)ccc1O. The molecule has 0 unspecified atom stereocenters. The Morgan fingerprint density at radius 1 is 1.43 bits per heavy atom. The van der Waals surface area contributed by atoms with Crippen molar-refractivity contribution in [2.45, 2.75) is 4.90 Å². The van der Waals surface area contributed by atoms with Gasteiger partial charge in [0.25, 0.3) is 0 Å². The van der Waals surface area contributed by atoms with Crippen LogP contribution in [0.25, 0.3) is 0 Å². The molecule has 0 aliphatic rings. The largest absolute Gasteiger partial charge is 0.507 e. The predicted molar refractivity (Wildman–Crippen MR) is 52.9 cm³/mol. The third-order valence-electron chi connectivity index (χ3n) is 1.56. The number of carboxylic acids is 1. The number of hydrogen-bond donors (Lipinski definition) is 3. The summed E-state index contributed by atoms with van der Waals surface area (Å²) >= 11 is 1.34. The van der Waals surface area contributed by atoms with Crippen LogP contribution in [0.15, 0.2) is 23.1 Å². The van der Waals surface area contributed by atoms with Crippen LogP contribution in [-0.4, -0.2) is 33.6 Å². The van der Waals surface area contributed by atoms with Crippen LogP contribution in [0, 0.1) is 0 Å². The number of aliphatic hydroxyl groups is 1. The second-order valence-corrected chi connectivity index (χ2v) is 3.72. The van der Waals surface area contributed by atoms with Gasteiger partial charge < -0.3 is 15.3 Å². The molecule has 0 aromatic heterocycles. The molecule has 0 spiro atoms. The first kappa shape index (κ1) is 10.9. The molecule has 0 radical (unpaired) electrons. The summed E-state index contributed by atoms with van der Waals surface area (Å²) in [6.45, 7) is 0.0357. The fraction of sp³-hybridized carbons (Fsp3) is 0.222. The summed E-state index contributed by atoms with van der Waals surface area (Å²) in [5, 5.41) is 26.5. The summed E-state index contributed by atoms with van der Waals surface area (Å²) in [4.78, 5) is 11.3. The Morgan fingerprint density at radius 2 is 2.14 bits per heavy atom. The fourth-order valence-electron chi connectivity index (χ4n) is 0.940. The molecule has 0 atom stereocenters. The van der Waals surface area contributed by atoms with Gasteiger partial charge in [-0.2, -0.15) is 0 Å². The first-order valence-corrected chi connectivity index (χ1v) is 4.93. The second kappa shape index (κ2) is 4.88. The van der Waals surface area contributed by atoms with Crippen LogP contribution in [-0.2, 0) is 0 Å². The minimum Gasteiger partial charge on any atom is -0.507 e. The number of benzene rings is 1. The van der Waals surface area contributed by atoms with Crippen molar-refractivity contribution in [2.24, 2.45) is 0 Å². The summed E-state index contributed by atoms with van der Waals surface area (Å²) in [6.07, 6.45) is 0. The van der Waals surface area contributed by atoms with Gasteiger partial charge in [0, 0.05) is 10.6 Å². The lowest BCUT2D eigenvalue weighted by molar-refractivity contribution is 0.0693. The number of rotatable bonds is 4. The number of phenols is 1. The van der Waals surface area contributed by atoms with E-state index in [4.69, 9.17) is 10.2 Å². The molecule has 1 aromatic carbocycles. The molecule has 14 heavy (non-hydrogen) atoms. The van der Waals surface area contributed by atoms with E-state index >= 15 is 0 Å². The third-order valence-corrected chi connectivity index (χ3v) is 2.53. The van der Waals surface area contributed by atoms with Gasteiger partial charge in [0.15, 0.2) is 0 Å². The highest BCUT2D eigenvalue weighted by Crippen LogP contribution is 2.24. The highest BCUT2D eigenvalue weighted by atomic mass is 32.2. The van der Waals surface area contributed by atoms with E-state index in [2.05, 4.69) is 0 Å². The summed E-state index contributed by atoms with van der Waals surface area (Å²) < 4.78 is 0. The summed E-state index contributed by atoms with van der Waals surface area (Å²) in [7, 11) is 0. The van der Waals surface area contributed by atoms with Crippen LogP contribution < -0.4 is 0 Å². The van der Waals surface area contributed by atoms with Gasteiger partial charge in [-0.25, -0.2) is 4.79 Å². The molecular formula is C9H10O4S. The molecule has 0 saturated carbocycles. The maximum absolute atomic E-state index is 10.6. The van der Waals surface area contributed by atoms with Gasteiger partial charge in [0.05, 0.1) is 6.61 Å². The van der Waals surface area contributed by atoms with E-state index in [1.165, 1.54) is 23.9 Å². The molecule has 0 aliphatic carbocycles. The first-order valence-electron chi connectivity index (χ1n) is 3.95. The lowest BCUT2D eigenvalue weighted by atomic mass is 10.2. The van der Waals surface area contributed by atoms with Crippen LogP contribution in [0.2, 0.25) is 0 Å². The van der Waals surface area contributed by atoms with Crippen molar-refractivity contribution in [2.75, 3.05) is 12.4 Å². The summed E-state index contributed by atoms with van der Waals surface area (Å²) in [5.74, 6) is -0.899. The molecule has 0 bridgehead atoms. The zero-order chi connectivity index (χ0) is 10.6. The highest BCUT2D eigenvalue weighted by Gasteiger charge is 2.09. The van der Waals surface area contributed by atoms with E-state index in [-0.39, 0.29) is 17.9 Å². The van der Waals surface area contributed by atoms with Gasteiger partial charge in [-0.05, 0) is 18.2 Å². The quantitative estimate of drug-likeness (QED) is 0.656. The van der Waals surface area contributed by atoms with Crippen LogP contribution in [0.1, 0.15) is 10.4 Å². The zero-order valence-corrected chi connectivity index (χ0v) is 8.12. The Morgan fingerprint density at radius 3 is 2.71 bits per heavy atom. The van der Waals surface area contributed by atoms with E-state index < -0.39 is 5.97 Å². The van der Waals surface area contributed by atoms with E-state index in [9.17, 15) is 9.90 Å². The average molecular weight is 214 g/mol. The minimum atomic E-state index is -1.16. The van der Waals surface area contributed by atoms with E-state index in [1.54, 1.807) is 6.07 Å². The van der Waals surface area contributed by atoms with Gasteiger partial charge >= 0.3 is 5.97 Å². The smallest absolute Gasteiger partial charge is 0.339 e. The Kier molecular flexibility index (Phi) is 3.79. The molecule has 0 amide bonds. The van der Waals surface area contributed by atoms with Crippen molar-refractivity contribution in [1.82, 2.24) is 0 Å². The van der Waals surface area contributed by atoms with Gasteiger partial charge in [-0.15, -0.1) is 11.8 Å². The topological polar surface area (TPSA) is 77.8 Å². The molecule has 1 aromatic rings. The molecule has 0 fully saturated rings. The maximum Gasteiger partial charge on any atom is 0.339 e. The highest BCUT2D eigenvalue weighted by molar-refractivity contribution is 7.99. The molecule has 0 saturated heterocycles. The number of aromatic carboxylic acids is 1. The first-order chi connectivity index (χ1) is 6.65. The van der Waals surface area contributed by atoms with Crippen molar-refractivity contribution < 1.29 is 20.1 Å². The number of carbonyl (C=O) groups is 1. The van der Waals surface area contributed by atoms with Gasteiger partial charge in [0.1, 0.15) is 11.3 Å². The van der Waals surface area contributed by atoms with Crippen molar-refractivity contribution in [1.29, 1.82) is 0 Å². The van der Waals surface area contributed by atoms with Crippen molar-refractivity contribution in [3.05, 3.63) is 23.8 Å². The molecule has 4 nitrogen and oxygen atoms in total.